The van der Waals surface area contributed by atoms with Crippen LogP contribution < -0.4 is 10.1 Å². The number of nitrogens with one attached hydrogen (secondary N) is 1. The van der Waals surface area contributed by atoms with Crippen molar-refractivity contribution in [3.8, 4) is 11.5 Å². The summed E-state index contributed by atoms with van der Waals surface area (Å²) >= 11 is 3.44. The molecular formula is C14H13BrN2O. The van der Waals surface area contributed by atoms with Crippen molar-refractivity contribution in [2.75, 3.05) is 11.9 Å². The van der Waals surface area contributed by atoms with Gasteiger partial charge in [-0.05, 0) is 40.4 Å². The third kappa shape index (κ3) is 2.20. The molecule has 1 aliphatic heterocycles. The summed E-state index contributed by atoms with van der Waals surface area (Å²) < 4.78 is 6.82. The fraction of sp³-hybridized carbons (Fsp3) is 0.214. The quantitative estimate of drug-likeness (QED) is 0.911. The molecule has 0 fully saturated rings. The van der Waals surface area contributed by atoms with E-state index >= 15 is 0 Å². The van der Waals surface area contributed by atoms with Gasteiger partial charge in [0.05, 0.1) is 10.2 Å². The maximum atomic E-state index is 5.96. The monoisotopic (exact) mass is 304 g/mol. The minimum atomic E-state index is 0.783. The Morgan fingerprint density at radius 1 is 1.22 bits per heavy atom. The zero-order valence-electron chi connectivity index (χ0n) is 9.82. The molecule has 1 aliphatic rings. The molecule has 92 valence electrons. The molecule has 0 amide bonds. The van der Waals surface area contributed by atoms with E-state index in [2.05, 4.69) is 32.3 Å². The number of hydrogen-bond acceptors (Lipinski definition) is 3. The van der Waals surface area contributed by atoms with Crippen LogP contribution in [0.15, 0.2) is 41.1 Å². The Morgan fingerprint density at radius 3 is 3.06 bits per heavy atom. The SMILES string of the molecule is Brc1cnccc1Oc1cccc2c1NCCC2. The highest BCUT2D eigenvalue weighted by Gasteiger charge is 2.14. The Morgan fingerprint density at radius 2 is 2.17 bits per heavy atom. The average molecular weight is 305 g/mol. The van der Waals surface area contributed by atoms with Crippen molar-refractivity contribution in [3.63, 3.8) is 0 Å². The summed E-state index contributed by atoms with van der Waals surface area (Å²) in [4.78, 5) is 4.03. The van der Waals surface area contributed by atoms with Gasteiger partial charge < -0.3 is 10.1 Å². The highest BCUT2D eigenvalue weighted by atomic mass is 79.9. The molecule has 0 spiro atoms. The number of aryl methyl sites for hydroxylation is 1. The number of fused-ring (bicyclic) bond motifs is 1. The standard InChI is InChI=1S/C14H13BrN2O/c15-11-9-16-8-6-12(11)18-13-5-1-3-10-4-2-7-17-14(10)13/h1,3,5-6,8-9,17H,2,4,7H2. The number of para-hydroxylation sites is 1. The Hall–Kier alpha value is -1.55. The van der Waals surface area contributed by atoms with E-state index < -0.39 is 0 Å². The van der Waals surface area contributed by atoms with Gasteiger partial charge in [-0.1, -0.05) is 12.1 Å². The van der Waals surface area contributed by atoms with Crippen molar-refractivity contribution in [2.24, 2.45) is 0 Å². The number of halogens is 1. The van der Waals surface area contributed by atoms with Gasteiger partial charge in [0.2, 0.25) is 0 Å². The van der Waals surface area contributed by atoms with Gasteiger partial charge in [-0.15, -0.1) is 0 Å². The van der Waals surface area contributed by atoms with E-state index in [1.165, 1.54) is 12.0 Å². The lowest BCUT2D eigenvalue weighted by Crippen LogP contribution is -2.12. The first-order chi connectivity index (χ1) is 8.84. The van der Waals surface area contributed by atoms with Crippen molar-refractivity contribution < 1.29 is 4.74 Å². The molecule has 0 bridgehead atoms. The van der Waals surface area contributed by atoms with Crippen molar-refractivity contribution in [1.29, 1.82) is 0 Å². The van der Waals surface area contributed by atoms with Gasteiger partial charge >= 0.3 is 0 Å². The lowest BCUT2D eigenvalue weighted by molar-refractivity contribution is 0.479. The second-order valence-electron chi connectivity index (χ2n) is 4.23. The number of ether oxygens (including phenoxy) is 1. The van der Waals surface area contributed by atoms with Crippen LogP contribution >= 0.6 is 15.9 Å². The second-order valence-corrected chi connectivity index (χ2v) is 5.08. The molecular weight excluding hydrogens is 292 g/mol. The van der Waals surface area contributed by atoms with Crippen molar-refractivity contribution in [3.05, 3.63) is 46.7 Å². The van der Waals surface area contributed by atoms with Crippen molar-refractivity contribution >= 4 is 21.6 Å². The number of rotatable bonds is 2. The van der Waals surface area contributed by atoms with Crippen LogP contribution in [-0.2, 0) is 6.42 Å². The summed E-state index contributed by atoms with van der Waals surface area (Å²) in [6.45, 7) is 1.00. The van der Waals surface area contributed by atoms with Gasteiger partial charge in [0.15, 0.2) is 5.75 Å². The summed E-state index contributed by atoms with van der Waals surface area (Å²) in [7, 11) is 0. The number of anilines is 1. The molecule has 1 N–H and O–H groups in total. The second kappa shape index (κ2) is 4.98. The topological polar surface area (TPSA) is 34.1 Å². The minimum absolute atomic E-state index is 0.783. The van der Waals surface area contributed by atoms with Gasteiger partial charge in [0, 0.05) is 25.0 Å². The maximum absolute atomic E-state index is 5.96. The maximum Gasteiger partial charge on any atom is 0.150 e. The fourth-order valence-electron chi connectivity index (χ4n) is 2.13. The highest BCUT2D eigenvalue weighted by molar-refractivity contribution is 9.10. The number of pyridine rings is 1. The third-order valence-corrected chi connectivity index (χ3v) is 3.59. The molecule has 2 aromatic rings. The zero-order valence-corrected chi connectivity index (χ0v) is 11.4. The van der Waals surface area contributed by atoms with Gasteiger partial charge in [0.1, 0.15) is 5.75 Å². The summed E-state index contributed by atoms with van der Waals surface area (Å²) in [5.74, 6) is 1.66. The average Bonchev–Trinajstić information content (AvgIpc) is 2.42. The predicted octanol–water partition coefficient (Wildman–Crippen LogP) is 3.99. The van der Waals surface area contributed by atoms with E-state index in [0.717, 1.165) is 34.6 Å². The van der Waals surface area contributed by atoms with E-state index in [1.807, 2.05) is 18.2 Å². The summed E-state index contributed by atoms with van der Waals surface area (Å²) in [5.41, 5.74) is 2.44. The normalized spacial score (nSPS) is 13.6. The first-order valence-electron chi connectivity index (χ1n) is 5.98. The molecule has 0 aliphatic carbocycles. The van der Waals surface area contributed by atoms with E-state index in [9.17, 15) is 0 Å². The van der Waals surface area contributed by atoms with E-state index in [-0.39, 0.29) is 0 Å². The van der Waals surface area contributed by atoms with Crippen molar-refractivity contribution in [2.45, 2.75) is 12.8 Å². The molecule has 2 heterocycles. The molecule has 3 rings (SSSR count). The molecule has 1 aromatic heterocycles. The summed E-state index contributed by atoms with van der Waals surface area (Å²) in [6.07, 6.45) is 5.74. The number of nitrogens with zero attached hydrogens (tertiary/aromatic N) is 1. The number of aromatic nitrogens is 1. The van der Waals surface area contributed by atoms with Crippen LogP contribution in [0.3, 0.4) is 0 Å². The molecule has 0 radical (unpaired) electrons. The van der Waals surface area contributed by atoms with Crippen LogP contribution in [0.5, 0.6) is 11.5 Å². The number of hydrogen-bond donors (Lipinski definition) is 1. The molecule has 1 aromatic carbocycles. The van der Waals surface area contributed by atoms with E-state index in [0.29, 0.717) is 0 Å². The summed E-state index contributed by atoms with van der Waals surface area (Å²) in [6, 6.07) is 8.03. The molecule has 4 heteroatoms. The van der Waals surface area contributed by atoms with Gasteiger partial charge in [-0.3, -0.25) is 4.98 Å². The van der Waals surface area contributed by atoms with E-state index in [1.54, 1.807) is 12.4 Å². The lowest BCUT2D eigenvalue weighted by Gasteiger charge is -2.21. The Balaban J connectivity index is 1.96. The van der Waals surface area contributed by atoms with Crippen LogP contribution in [-0.4, -0.2) is 11.5 Å². The van der Waals surface area contributed by atoms with Crippen LogP contribution in [0.2, 0.25) is 0 Å². The van der Waals surface area contributed by atoms with Crippen LogP contribution in [0.4, 0.5) is 5.69 Å². The van der Waals surface area contributed by atoms with Gasteiger partial charge in [0.25, 0.3) is 0 Å². The molecule has 0 saturated carbocycles. The smallest absolute Gasteiger partial charge is 0.150 e. The molecule has 18 heavy (non-hydrogen) atoms. The first-order valence-corrected chi connectivity index (χ1v) is 6.77. The third-order valence-electron chi connectivity index (χ3n) is 2.99. The van der Waals surface area contributed by atoms with Crippen LogP contribution in [0, 0.1) is 0 Å². The zero-order chi connectivity index (χ0) is 12.4. The Kier molecular flexibility index (Phi) is 3.19. The molecule has 0 atom stereocenters. The lowest BCUT2D eigenvalue weighted by atomic mass is 10.0. The highest BCUT2D eigenvalue weighted by Crippen LogP contribution is 2.36. The largest absolute Gasteiger partial charge is 0.454 e. The molecule has 0 saturated heterocycles. The van der Waals surface area contributed by atoms with Crippen LogP contribution in [0.25, 0.3) is 0 Å². The first kappa shape index (κ1) is 11.5. The summed E-state index contributed by atoms with van der Waals surface area (Å²) in [5, 5.41) is 3.41. The van der Waals surface area contributed by atoms with Gasteiger partial charge in [-0.25, -0.2) is 0 Å². The molecule has 0 unspecified atom stereocenters. The fourth-order valence-corrected chi connectivity index (χ4v) is 2.46. The van der Waals surface area contributed by atoms with E-state index in [4.69, 9.17) is 4.74 Å². The molecule has 3 nitrogen and oxygen atoms in total. The van der Waals surface area contributed by atoms with Gasteiger partial charge in [-0.2, -0.15) is 0 Å². The Bertz CT molecular complexity index is 571. The number of benzene rings is 1. The predicted molar refractivity (Wildman–Crippen MR) is 75.3 cm³/mol. The minimum Gasteiger partial charge on any atom is -0.454 e. The van der Waals surface area contributed by atoms with Crippen molar-refractivity contribution in [1.82, 2.24) is 4.98 Å². The Labute approximate surface area is 114 Å². The van der Waals surface area contributed by atoms with Crippen LogP contribution in [0.1, 0.15) is 12.0 Å².